The Hall–Kier alpha value is -1.35. The van der Waals surface area contributed by atoms with Gasteiger partial charge in [0.05, 0.1) is 6.42 Å². The fraction of sp³-hybridized carbons (Fsp3) is 0.364. The Kier molecular flexibility index (Phi) is 3.65. The zero-order valence-corrected chi connectivity index (χ0v) is 8.23. The molecule has 0 heterocycles. The molecular formula is C11H15NO2. The molecule has 0 aliphatic rings. The van der Waals surface area contributed by atoms with Gasteiger partial charge in [-0.3, -0.25) is 4.79 Å². The van der Waals surface area contributed by atoms with Gasteiger partial charge >= 0.3 is 5.97 Å². The third kappa shape index (κ3) is 2.85. The first-order chi connectivity index (χ1) is 6.63. The van der Waals surface area contributed by atoms with Crippen molar-refractivity contribution in [1.82, 2.24) is 0 Å². The lowest BCUT2D eigenvalue weighted by atomic mass is 9.95. The molecule has 3 heteroatoms. The number of aliphatic carboxylic acids is 1. The van der Waals surface area contributed by atoms with E-state index in [1.165, 1.54) is 0 Å². The molecule has 0 aromatic heterocycles. The summed E-state index contributed by atoms with van der Waals surface area (Å²) in [4.78, 5) is 10.6. The number of hydrogen-bond donors (Lipinski definition) is 2. The minimum Gasteiger partial charge on any atom is -0.481 e. The summed E-state index contributed by atoms with van der Waals surface area (Å²) < 4.78 is 0. The zero-order valence-electron chi connectivity index (χ0n) is 8.23. The van der Waals surface area contributed by atoms with Crippen LogP contribution in [0.1, 0.15) is 23.5 Å². The Bertz CT molecular complexity index is 323. The number of nitrogens with two attached hydrogens (primary N) is 1. The molecule has 0 aliphatic carbocycles. The largest absolute Gasteiger partial charge is 0.481 e. The van der Waals surface area contributed by atoms with Crippen molar-refractivity contribution < 1.29 is 9.90 Å². The molecule has 0 amide bonds. The van der Waals surface area contributed by atoms with E-state index < -0.39 is 5.97 Å². The zero-order chi connectivity index (χ0) is 10.6. The first-order valence-electron chi connectivity index (χ1n) is 4.62. The highest BCUT2D eigenvalue weighted by molar-refractivity contribution is 5.68. The molecule has 1 aromatic rings. The molecule has 0 unspecified atom stereocenters. The minimum absolute atomic E-state index is 0.0765. The van der Waals surface area contributed by atoms with Gasteiger partial charge in [0.25, 0.3) is 0 Å². The third-order valence-electron chi connectivity index (χ3n) is 2.22. The van der Waals surface area contributed by atoms with Crippen LogP contribution in [0.25, 0.3) is 0 Å². The Morgan fingerprint density at radius 3 is 2.79 bits per heavy atom. The number of benzene rings is 1. The van der Waals surface area contributed by atoms with Crippen LogP contribution in [0.4, 0.5) is 0 Å². The molecule has 0 spiro atoms. The molecule has 0 saturated heterocycles. The summed E-state index contributed by atoms with van der Waals surface area (Å²) in [6.07, 6.45) is 0.0972. The summed E-state index contributed by atoms with van der Waals surface area (Å²) >= 11 is 0. The second-order valence-corrected chi connectivity index (χ2v) is 3.44. The van der Waals surface area contributed by atoms with Crippen molar-refractivity contribution in [2.45, 2.75) is 19.3 Å². The van der Waals surface area contributed by atoms with Gasteiger partial charge in [-0.05, 0) is 19.0 Å². The lowest BCUT2D eigenvalue weighted by Crippen LogP contribution is -2.16. The summed E-state index contributed by atoms with van der Waals surface area (Å²) in [5.74, 6) is -0.880. The summed E-state index contributed by atoms with van der Waals surface area (Å²) in [7, 11) is 0. The molecular weight excluding hydrogens is 178 g/mol. The maximum Gasteiger partial charge on any atom is 0.304 e. The molecule has 14 heavy (non-hydrogen) atoms. The van der Waals surface area contributed by atoms with Crippen molar-refractivity contribution in [2.24, 2.45) is 5.73 Å². The van der Waals surface area contributed by atoms with Crippen molar-refractivity contribution in [2.75, 3.05) is 6.54 Å². The highest BCUT2D eigenvalue weighted by Crippen LogP contribution is 2.19. The quantitative estimate of drug-likeness (QED) is 0.761. The highest BCUT2D eigenvalue weighted by Gasteiger charge is 2.13. The lowest BCUT2D eigenvalue weighted by molar-refractivity contribution is -0.137. The average Bonchev–Trinajstić information content (AvgIpc) is 2.14. The van der Waals surface area contributed by atoms with Gasteiger partial charge in [-0.25, -0.2) is 0 Å². The number of aryl methyl sites for hydroxylation is 1. The predicted octanol–water partition coefficient (Wildman–Crippen LogP) is 1.51. The summed E-state index contributed by atoms with van der Waals surface area (Å²) in [5.41, 5.74) is 7.68. The van der Waals surface area contributed by atoms with E-state index in [9.17, 15) is 4.79 Å². The standard InChI is InChI=1S/C11H15NO2/c1-8-3-2-4-9(5-8)10(7-12)6-11(13)14/h2-5,10H,6-7,12H2,1H3,(H,13,14)/t10-/m1/s1. The van der Waals surface area contributed by atoms with Gasteiger partial charge in [-0.15, -0.1) is 0 Å². The summed E-state index contributed by atoms with van der Waals surface area (Å²) in [6.45, 7) is 2.35. The molecule has 1 rings (SSSR count). The number of carboxylic acid groups (broad SMARTS) is 1. The van der Waals surface area contributed by atoms with Gasteiger partial charge in [-0.2, -0.15) is 0 Å². The Morgan fingerprint density at radius 1 is 1.57 bits per heavy atom. The van der Waals surface area contributed by atoms with Crippen LogP contribution >= 0.6 is 0 Å². The van der Waals surface area contributed by atoms with Gasteiger partial charge in [-0.1, -0.05) is 29.8 Å². The van der Waals surface area contributed by atoms with Crippen molar-refractivity contribution >= 4 is 5.97 Å². The van der Waals surface area contributed by atoms with Crippen LogP contribution in [-0.2, 0) is 4.79 Å². The Balaban J connectivity index is 2.83. The van der Waals surface area contributed by atoms with Crippen LogP contribution in [0.5, 0.6) is 0 Å². The second-order valence-electron chi connectivity index (χ2n) is 3.44. The SMILES string of the molecule is Cc1cccc([C@@H](CN)CC(=O)O)c1. The number of rotatable bonds is 4. The summed E-state index contributed by atoms with van der Waals surface area (Å²) in [5, 5.41) is 8.69. The average molecular weight is 193 g/mol. The molecule has 3 N–H and O–H groups in total. The topological polar surface area (TPSA) is 63.3 Å². The summed E-state index contributed by atoms with van der Waals surface area (Å²) in [6, 6.07) is 7.82. The fourth-order valence-corrected chi connectivity index (χ4v) is 1.47. The Morgan fingerprint density at radius 2 is 2.29 bits per heavy atom. The predicted molar refractivity (Wildman–Crippen MR) is 55.2 cm³/mol. The van der Waals surface area contributed by atoms with E-state index in [-0.39, 0.29) is 12.3 Å². The highest BCUT2D eigenvalue weighted by atomic mass is 16.4. The number of carboxylic acids is 1. The van der Waals surface area contributed by atoms with E-state index in [4.69, 9.17) is 10.8 Å². The van der Waals surface area contributed by atoms with E-state index >= 15 is 0 Å². The molecule has 3 nitrogen and oxygen atoms in total. The van der Waals surface area contributed by atoms with Gasteiger partial charge in [0.15, 0.2) is 0 Å². The van der Waals surface area contributed by atoms with Gasteiger partial charge in [0.2, 0.25) is 0 Å². The van der Waals surface area contributed by atoms with Crippen LogP contribution in [0, 0.1) is 6.92 Å². The molecule has 1 aromatic carbocycles. The maximum atomic E-state index is 10.6. The maximum absolute atomic E-state index is 10.6. The molecule has 0 bridgehead atoms. The normalized spacial score (nSPS) is 12.4. The van der Waals surface area contributed by atoms with Crippen LogP contribution in [0.3, 0.4) is 0 Å². The van der Waals surface area contributed by atoms with Crippen molar-refractivity contribution in [1.29, 1.82) is 0 Å². The number of carbonyl (C=O) groups is 1. The van der Waals surface area contributed by atoms with E-state index in [1.807, 2.05) is 31.2 Å². The first kappa shape index (κ1) is 10.7. The monoisotopic (exact) mass is 193 g/mol. The van der Waals surface area contributed by atoms with Crippen molar-refractivity contribution in [3.05, 3.63) is 35.4 Å². The smallest absolute Gasteiger partial charge is 0.304 e. The molecule has 0 aliphatic heterocycles. The molecule has 0 radical (unpaired) electrons. The molecule has 76 valence electrons. The van der Waals surface area contributed by atoms with Crippen LogP contribution in [0.15, 0.2) is 24.3 Å². The van der Waals surface area contributed by atoms with E-state index in [1.54, 1.807) is 0 Å². The van der Waals surface area contributed by atoms with Crippen LogP contribution < -0.4 is 5.73 Å². The van der Waals surface area contributed by atoms with E-state index in [2.05, 4.69) is 0 Å². The van der Waals surface area contributed by atoms with Gasteiger partial charge in [0, 0.05) is 5.92 Å². The van der Waals surface area contributed by atoms with E-state index in [0.717, 1.165) is 11.1 Å². The van der Waals surface area contributed by atoms with Crippen molar-refractivity contribution in [3.8, 4) is 0 Å². The van der Waals surface area contributed by atoms with Gasteiger partial charge < -0.3 is 10.8 Å². The first-order valence-corrected chi connectivity index (χ1v) is 4.62. The van der Waals surface area contributed by atoms with Crippen LogP contribution in [0.2, 0.25) is 0 Å². The van der Waals surface area contributed by atoms with Gasteiger partial charge in [0.1, 0.15) is 0 Å². The van der Waals surface area contributed by atoms with Crippen LogP contribution in [-0.4, -0.2) is 17.6 Å². The molecule has 0 fully saturated rings. The second kappa shape index (κ2) is 4.77. The minimum atomic E-state index is -0.804. The third-order valence-corrected chi connectivity index (χ3v) is 2.22. The lowest BCUT2D eigenvalue weighted by Gasteiger charge is -2.12. The molecule has 1 atom stereocenters. The number of hydrogen-bond acceptors (Lipinski definition) is 2. The van der Waals surface area contributed by atoms with Crippen molar-refractivity contribution in [3.63, 3.8) is 0 Å². The molecule has 0 saturated carbocycles. The fourth-order valence-electron chi connectivity index (χ4n) is 1.47. The Labute approximate surface area is 83.6 Å². The van der Waals surface area contributed by atoms with E-state index in [0.29, 0.717) is 6.54 Å².